The number of esters is 1. The minimum atomic E-state index is -0.405. The number of hydrogen-bond donors (Lipinski definition) is 0. The van der Waals surface area contributed by atoms with Crippen molar-refractivity contribution >= 4 is 17.7 Å². The van der Waals surface area contributed by atoms with Gasteiger partial charge in [0.25, 0.3) is 0 Å². The summed E-state index contributed by atoms with van der Waals surface area (Å²) in [6, 6.07) is 17.4. The number of nitrogens with zero attached hydrogens (tertiary/aromatic N) is 3. The van der Waals surface area contributed by atoms with E-state index in [1.165, 1.54) is 18.9 Å². The first-order valence-corrected chi connectivity index (χ1v) is 8.92. The van der Waals surface area contributed by atoms with Crippen molar-refractivity contribution < 1.29 is 14.3 Å². The van der Waals surface area contributed by atoms with Gasteiger partial charge in [0.2, 0.25) is 0 Å². The fourth-order valence-corrected chi connectivity index (χ4v) is 3.43. The van der Waals surface area contributed by atoms with E-state index < -0.39 is 5.25 Å². The number of hydrogen-bond acceptors (Lipinski definition) is 6. The number of carbonyl (C=O) groups excluding carboxylic acids is 1. The Morgan fingerprint density at radius 3 is 2.42 bits per heavy atom. The van der Waals surface area contributed by atoms with Crippen molar-refractivity contribution in [3.05, 3.63) is 54.6 Å². The molecule has 0 aliphatic rings. The lowest BCUT2D eigenvalue weighted by Crippen LogP contribution is -2.15. The molecule has 0 unspecified atom stereocenters. The zero-order valence-electron chi connectivity index (χ0n) is 14.7. The van der Waals surface area contributed by atoms with Crippen LogP contribution in [0, 0.1) is 0 Å². The van der Waals surface area contributed by atoms with Gasteiger partial charge in [-0.05, 0) is 31.2 Å². The van der Waals surface area contributed by atoms with Crippen LogP contribution in [-0.2, 0) is 9.53 Å². The van der Waals surface area contributed by atoms with E-state index >= 15 is 0 Å². The summed E-state index contributed by atoms with van der Waals surface area (Å²) < 4.78 is 12.2. The highest BCUT2D eigenvalue weighted by molar-refractivity contribution is 8.00. The lowest BCUT2D eigenvalue weighted by molar-refractivity contribution is -0.139. The number of para-hydroxylation sites is 2. The first-order chi connectivity index (χ1) is 12.7. The van der Waals surface area contributed by atoms with E-state index in [0.29, 0.717) is 16.7 Å². The smallest absolute Gasteiger partial charge is 0.318 e. The Kier molecular flexibility index (Phi) is 5.58. The van der Waals surface area contributed by atoms with Gasteiger partial charge in [-0.25, -0.2) is 0 Å². The number of methoxy groups -OCH3 is 2. The average molecular weight is 369 g/mol. The van der Waals surface area contributed by atoms with Crippen LogP contribution in [0.1, 0.15) is 6.92 Å². The molecule has 0 N–H and O–H groups in total. The van der Waals surface area contributed by atoms with Crippen molar-refractivity contribution in [3.63, 3.8) is 0 Å². The predicted molar refractivity (Wildman–Crippen MR) is 101 cm³/mol. The third-order valence-corrected chi connectivity index (χ3v) is 4.83. The quantitative estimate of drug-likeness (QED) is 0.489. The second kappa shape index (κ2) is 8.05. The van der Waals surface area contributed by atoms with Gasteiger partial charge in [-0.15, -0.1) is 10.2 Å². The van der Waals surface area contributed by atoms with Crippen LogP contribution in [-0.4, -0.2) is 40.2 Å². The lowest BCUT2D eigenvalue weighted by Gasteiger charge is -2.13. The number of carbonyl (C=O) groups is 1. The summed E-state index contributed by atoms with van der Waals surface area (Å²) in [5.41, 5.74) is 1.72. The zero-order valence-corrected chi connectivity index (χ0v) is 15.6. The highest BCUT2D eigenvalue weighted by atomic mass is 32.2. The summed E-state index contributed by atoms with van der Waals surface area (Å²) in [5.74, 6) is 1.04. The molecule has 0 bridgehead atoms. The van der Waals surface area contributed by atoms with Crippen LogP contribution < -0.4 is 4.74 Å². The van der Waals surface area contributed by atoms with E-state index in [1.807, 2.05) is 59.2 Å². The molecule has 0 spiro atoms. The van der Waals surface area contributed by atoms with E-state index in [4.69, 9.17) is 9.47 Å². The molecule has 0 aliphatic heterocycles. The Morgan fingerprint density at radius 2 is 1.73 bits per heavy atom. The van der Waals surface area contributed by atoms with Crippen molar-refractivity contribution in [2.24, 2.45) is 0 Å². The molecule has 1 atom stereocenters. The Labute approximate surface area is 156 Å². The fourth-order valence-electron chi connectivity index (χ4n) is 2.53. The zero-order chi connectivity index (χ0) is 18.5. The van der Waals surface area contributed by atoms with Crippen LogP contribution in [0.5, 0.6) is 5.75 Å². The molecule has 1 aromatic heterocycles. The summed E-state index contributed by atoms with van der Waals surface area (Å²) >= 11 is 1.30. The van der Waals surface area contributed by atoms with Crippen molar-refractivity contribution in [1.82, 2.24) is 14.8 Å². The summed E-state index contributed by atoms with van der Waals surface area (Å²) in [4.78, 5) is 11.8. The van der Waals surface area contributed by atoms with Crippen molar-refractivity contribution in [3.8, 4) is 22.8 Å². The van der Waals surface area contributed by atoms with Gasteiger partial charge in [-0.1, -0.05) is 42.1 Å². The summed E-state index contributed by atoms with van der Waals surface area (Å²) in [7, 11) is 3.00. The molecule has 3 rings (SSSR count). The summed E-state index contributed by atoms with van der Waals surface area (Å²) in [5, 5.41) is 8.88. The van der Waals surface area contributed by atoms with Crippen molar-refractivity contribution in [1.29, 1.82) is 0 Å². The second-order valence-electron chi connectivity index (χ2n) is 5.46. The number of rotatable bonds is 6. The number of aromatic nitrogens is 3. The van der Waals surface area contributed by atoms with Gasteiger partial charge in [0.05, 0.1) is 19.8 Å². The Bertz CT molecular complexity index is 896. The Morgan fingerprint density at radius 1 is 1.04 bits per heavy atom. The van der Waals surface area contributed by atoms with E-state index in [1.54, 1.807) is 14.0 Å². The SMILES string of the molecule is COC(=O)[C@@H](C)Sc1nnc(-c2ccccc2OC)n1-c1ccccc1. The van der Waals surface area contributed by atoms with E-state index in [2.05, 4.69) is 10.2 Å². The maximum atomic E-state index is 11.8. The largest absolute Gasteiger partial charge is 0.496 e. The summed E-state index contributed by atoms with van der Waals surface area (Å²) in [6.45, 7) is 1.78. The molecular weight excluding hydrogens is 350 g/mol. The third-order valence-electron chi connectivity index (χ3n) is 3.81. The average Bonchev–Trinajstić information content (AvgIpc) is 3.11. The van der Waals surface area contributed by atoms with Gasteiger partial charge < -0.3 is 9.47 Å². The molecule has 1 heterocycles. The minimum Gasteiger partial charge on any atom is -0.496 e. The highest BCUT2D eigenvalue weighted by Crippen LogP contribution is 2.34. The molecule has 0 saturated carbocycles. The normalized spacial score (nSPS) is 11.8. The molecule has 0 aliphatic carbocycles. The van der Waals surface area contributed by atoms with Gasteiger partial charge in [0, 0.05) is 5.69 Å². The predicted octanol–water partition coefficient (Wildman–Crippen LogP) is 3.60. The van der Waals surface area contributed by atoms with Gasteiger partial charge >= 0.3 is 5.97 Å². The first-order valence-electron chi connectivity index (χ1n) is 8.04. The molecule has 0 amide bonds. The molecule has 0 radical (unpaired) electrons. The molecule has 3 aromatic rings. The molecular formula is C19H19N3O3S. The van der Waals surface area contributed by atoms with Gasteiger partial charge in [0.1, 0.15) is 11.0 Å². The standard InChI is InChI=1S/C19H19N3O3S/c1-13(18(23)25-3)26-19-21-20-17(15-11-7-8-12-16(15)24-2)22(19)14-9-5-4-6-10-14/h4-13H,1-3H3/t13-/m1/s1. The lowest BCUT2D eigenvalue weighted by atomic mass is 10.2. The fraction of sp³-hybridized carbons (Fsp3) is 0.211. The van der Waals surface area contributed by atoms with Crippen molar-refractivity contribution in [2.45, 2.75) is 17.3 Å². The van der Waals surface area contributed by atoms with Gasteiger partial charge in [0.15, 0.2) is 11.0 Å². The van der Waals surface area contributed by atoms with E-state index in [9.17, 15) is 4.79 Å². The molecule has 2 aromatic carbocycles. The molecule has 26 heavy (non-hydrogen) atoms. The van der Waals surface area contributed by atoms with Crippen LogP contribution in [0.15, 0.2) is 59.8 Å². The number of ether oxygens (including phenoxy) is 2. The topological polar surface area (TPSA) is 66.2 Å². The maximum absolute atomic E-state index is 11.8. The first kappa shape index (κ1) is 18.0. The maximum Gasteiger partial charge on any atom is 0.318 e. The van der Waals surface area contributed by atoms with E-state index in [0.717, 1.165) is 11.3 Å². The van der Waals surface area contributed by atoms with Crippen LogP contribution in [0.25, 0.3) is 17.1 Å². The molecule has 6 nitrogen and oxygen atoms in total. The minimum absolute atomic E-state index is 0.309. The third kappa shape index (κ3) is 3.57. The van der Waals surface area contributed by atoms with Crippen LogP contribution in [0.4, 0.5) is 0 Å². The molecule has 134 valence electrons. The number of benzene rings is 2. The Balaban J connectivity index is 2.13. The van der Waals surface area contributed by atoms with Crippen LogP contribution in [0.3, 0.4) is 0 Å². The highest BCUT2D eigenvalue weighted by Gasteiger charge is 2.23. The Hall–Kier alpha value is -2.80. The molecule has 0 saturated heterocycles. The second-order valence-corrected chi connectivity index (χ2v) is 6.77. The van der Waals surface area contributed by atoms with Gasteiger partial charge in [-0.2, -0.15) is 0 Å². The monoisotopic (exact) mass is 369 g/mol. The molecule has 7 heteroatoms. The van der Waals surface area contributed by atoms with Crippen LogP contribution in [0.2, 0.25) is 0 Å². The molecule has 0 fully saturated rings. The summed E-state index contributed by atoms with van der Waals surface area (Å²) in [6.07, 6.45) is 0. The van der Waals surface area contributed by atoms with Crippen LogP contribution >= 0.6 is 11.8 Å². The van der Waals surface area contributed by atoms with Gasteiger partial charge in [-0.3, -0.25) is 9.36 Å². The van der Waals surface area contributed by atoms with Crippen molar-refractivity contribution in [2.75, 3.05) is 14.2 Å². The van der Waals surface area contributed by atoms with E-state index in [-0.39, 0.29) is 5.97 Å². The number of thioether (sulfide) groups is 1.